The Morgan fingerprint density at radius 2 is 1.79 bits per heavy atom. The lowest BCUT2D eigenvalue weighted by Crippen LogP contribution is -2.41. The van der Waals surface area contributed by atoms with Crippen molar-refractivity contribution in [1.82, 2.24) is 15.5 Å². The molecule has 1 saturated heterocycles. The minimum absolute atomic E-state index is 0. The van der Waals surface area contributed by atoms with Gasteiger partial charge in [-0.2, -0.15) is 13.2 Å². The molecule has 2 N–H and O–H groups in total. The minimum atomic E-state index is -4.12. The minimum Gasteiger partial charge on any atom is -0.356 e. The highest BCUT2D eigenvalue weighted by atomic mass is 127. The summed E-state index contributed by atoms with van der Waals surface area (Å²) in [4.78, 5) is 5.68. The molecule has 166 valence electrons. The zero-order valence-corrected chi connectivity index (χ0v) is 20.1. The summed E-state index contributed by atoms with van der Waals surface area (Å²) in [5.41, 5.74) is 2.73. The third kappa shape index (κ3) is 9.55. The molecule has 0 radical (unpaired) electrons. The predicted molar refractivity (Wildman–Crippen MR) is 124 cm³/mol. The summed E-state index contributed by atoms with van der Waals surface area (Å²) in [6.07, 6.45) is -2.46. The van der Waals surface area contributed by atoms with Gasteiger partial charge in [-0.05, 0) is 41.8 Å². The quantitative estimate of drug-likeness (QED) is 0.332. The lowest BCUT2D eigenvalue weighted by molar-refractivity contribution is -0.143. The Morgan fingerprint density at radius 3 is 2.34 bits per heavy atom. The van der Waals surface area contributed by atoms with Gasteiger partial charge in [0.15, 0.2) is 5.96 Å². The van der Waals surface area contributed by atoms with Crippen LogP contribution in [-0.4, -0.2) is 56.8 Å². The average molecular weight is 526 g/mol. The van der Waals surface area contributed by atoms with Crippen LogP contribution in [0.5, 0.6) is 0 Å². The van der Waals surface area contributed by atoms with Crippen molar-refractivity contribution < 1.29 is 13.2 Å². The Hall–Kier alpha value is -1.03. The number of alkyl halides is 3. The Morgan fingerprint density at radius 1 is 1.14 bits per heavy atom. The van der Waals surface area contributed by atoms with Crippen molar-refractivity contribution in [3.8, 4) is 0 Å². The summed E-state index contributed by atoms with van der Waals surface area (Å²) >= 11 is 0. The second-order valence-corrected chi connectivity index (χ2v) is 8.58. The van der Waals surface area contributed by atoms with Crippen molar-refractivity contribution >= 4 is 29.9 Å². The molecule has 1 aromatic carbocycles. The second kappa shape index (κ2) is 11.4. The SMILES string of the molecule is CN=C(NCCc1ccc(C(C)(C)C)cc1)NCC1CCN(CC(F)(F)F)C1.I. The van der Waals surface area contributed by atoms with Crippen LogP contribution in [0, 0.1) is 5.92 Å². The van der Waals surface area contributed by atoms with E-state index in [2.05, 4.69) is 60.7 Å². The number of hydrogen-bond acceptors (Lipinski definition) is 2. The number of likely N-dealkylation sites (tertiary alicyclic amines) is 1. The Bertz CT molecular complexity index is 639. The molecule has 1 aliphatic heterocycles. The number of benzene rings is 1. The first-order chi connectivity index (χ1) is 13.1. The number of nitrogens with zero attached hydrogens (tertiary/aromatic N) is 2. The highest BCUT2D eigenvalue weighted by Crippen LogP contribution is 2.23. The predicted octanol–water partition coefficient (Wildman–Crippen LogP) is 4.19. The highest BCUT2D eigenvalue weighted by molar-refractivity contribution is 14.0. The summed E-state index contributed by atoms with van der Waals surface area (Å²) in [6, 6.07) is 8.67. The molecule has 1 aromatic rings. The van der Waals surface area contributed by atoms with Crippen LogP contribution < -0.4 is 10.6 Å². The summed E-state index contributed by atoms with van der Waals surface area (Å²) in [7, 11) is 1.71. The molecule has 8 heteroatoms. The first-order valence-electron chi connectivity index (χ1n) is 9.90. The maximum absolute atomic E-state index is 12.5. The van der Waals surface area contributed by atoms with E-state index in [1.54, 1.807) is 7.05 Å². The molecule has 1 heterocycles. The molecule has 1 fully saturated rings. The van der Waals surface area contributed by atoms with Crippen molar-refractivity contribution in [1.29, 1.82) is 0 Å². The fourth-order valence-electron chi connectivity index (χ4n) is 3.43. The van der Waals surface area contributed by atoms with Crippen LogP contribution >= 0.6 is 24.0 Å². The van der Waals surface area contributed by atoms with E-state index >= 15 is 0 Å². The van der Waals surface area contributed by atoms with Crippen LogP contribution in [0.25, 0.3) is 0 Å². The van der Waals surface area contributed by atoms with E-state index < -0.39 is 12.7 Å². The van der Waals surface area contributed by atoms with Gasteiger partial charge in [0.25, 0.3) is 0 Å². The third-order valence-electron chi connectivity index (χ3n) is 5.08. The van der Waals surface area contributed by atoms with Crippen molar-refractivity contribution in [3.63, 3.8) is 0 Å². The summed E-state index contributed by atoms with van der Waals surface area (Å²) in [5, 5.41) is 6.52. The van der Waals surface area contributed by atoms with Gasteiger partial charge in [-0.3, -0.25) is 9.89 Å². The van der Waals surface area contributed by atoms with Crippen molar-refractivity contribution in [2.75, 3.05) is 39.8 Å². The fraction of sp³-hybridized carbons (Fsp3) is 0.667. The number of nitrogens with one attached hydrogen (secondary N) is 2. The van der Waals surface area contributed by atoms with Gasteiger partial charge < -0.3 is 10.6 Å². The normalized spacial score (nSPS) is 18.4. The number of rotatable bonds is 6. The molecule has 0 spiro atoms. The van der Waals surface area contributed by atoms with Crippen LogP contribution in [0.2, 0.25) is 0 Å². The van der Waals surface area contributed by atoms with Gasteiger partial charge in [-0.1, -0.05) is 45.0 Å². The van der Waals surface area contributed by atoms with Gasteiger partial charge in [0.05, 0.1) is 6.54 Å². The topological polar surface area (TPSA) is 39.7 Å². The Balaban J connectivity index is 0.00000420. The van der Waals surface area contributed by atoms with Gasteiger partial charge in [0.2, 0.25) is 0 Å². The number of guanidine groups is 1. The maximum Gasteiger partial charge on any atom is 0.401 e. The van der Waals surface area contributed by atoms with Crippen LogP contribution in [0.4, 0.5) is 13.2 Å². The molecule has 0 saturated carbocycles. The number of halogens is 4. The van der Waals surface area contributed by atoms with Gasteiger partial charge in [0.1, 0.15) is 0 Å². The molecule has 0 aromatic heterocycles. The van der Waals surface area contributed by atoms with Crippen molar-refractivity contribution in [2.45, 2.75) is 45.2 Å². The van der Waals surface area contributed by atoms with E-state index in [1.807, 2.05) is 0 Å². The van der Waals surface area contributed by atoms with E-state index in [-0.39, 0.29) is 35.3 Å². The summed E-state index contributed by atoms with van der Waals surface area (Å²) < 4.78 is 37.4. The summed E-state index contributed by atoms with van der Waals surface area (Å²) in [5.74, 6) is 0.909. The average Bonchev–Trinajstić information content (AvgIpc) is 3.03. The first-order valence-corrected chi connectivity index (χ1v) is 9.90. The maximum atomic E-state index is 12.5. The van der Waals surface area contributed by atoms with E-state index in [4.69, 9.17) is 0 Å². The van der Waals surface area contributed by atoms with Crippen LogP contribution in [0.1, 0.15) is 38.3 Å². The molecule has 2 rings (SSSR count). The Kier molecular flexibility index (Phi) is 10.2. The van der Waals surface area contributed by atoms with Crippen LogP contribution in [0.15, 0.2) is 29.3 Å². The van der Waals surface area contributed by atoms with E-state index in [0.29, 0.717) is 25.6 Å². The lowest BCUT2D eigenvalue weighted by atomic mass is 9.86. The molecule has 0 amide bonds. The highest BCUT2D eigenvalue weighted by Gasteiger charge is 2.34. The fourth-order valence-corrected chi connectivity index (χ4v) is 3.43. The molecular formula is C21H34F3IN4. The van der Waals surface area contributed by atoms with E-state index in [0.717, 1.165) is 19.4 Å². The third-order valence-corrected chi connectivity index (χ3v) is 5.08. The van der Waals surface area contributed by atoms with Gasteiger partial charge in [0, 0.05) is 26.7 Å². The smallest absolute Gasteiger partial charge is 0.356 e. The second-order valence-electron chi connectivity index (χ2n) is 8.58. The van der Waals surface area contributed by atoms with E-state index in [1.165, 1.54) is 16.0 Å². The molecule has 1 aliphatic rings. The molecule has 0 aliphatic carbocycles. The van der Waals surface area contributed by atoms with E-state index in [9.17, 15) is 13.2 Å². The molecule has 4 nitrogen and oxygen atoms in total. The first kappa shape index (κ1) is 26.0. The lowest BCUT2D eigenvalue weighted by Gasteiger charge is -2.19. The monoisotopic (exact) mass is 526 g/mol. The van der Waals surface area contributed by atoms with Gasteiger partial charge >= 0.3 is 6.18 Å². The zero-order valence-electron chi connectivity index (χ0n) is 17.8. The standard InChI is InChI=1S/C21H33F3N4.HI/c1-20(2,3)18-7-5-16(6-8-18)9-11-26-19(25-4)27-13-17-10-12-28(14-17)15-21(22,23)24;/h5-8,17H,9-15H2,1-4H3,(H2,25,26,27);1H. The summed E-state index contributed by atoms with van der Waals surface area (Å²) in [6.45, 7) is 8.15. The van der Waals surface area contributed by atoms with Crippen LogP contribution in [0.3, 0.4) is 0 Å². The zero-order chi connectivity index (χ0) is 20.8. The molecule has 1 atom stereocenters. The van der Waals surface area contributed by atoms with Crippen molar-refractivity contribution in [2.24, 2.45) is 10.9 Å². The molecular weight excluding hydrogens is 492 g/mol. The molecule has 0 bridgehead atoms. The van der Waals surface area contributed by atoms with Crippen LogP contribution in [-0.2, 0) is 11.8 Å². The molecule has 29 heavy (non-hydrogen) atoms. The Labute approximate surface area is 189 Å². The van der Waals surface area contributed by atoms with Gasteiger partial charge in [-0.15, -0.1) is 24.0 Å². The largest absolute Gasteiger partial charge is 0.401 e. The van der Waals surface area contributed by atoms with Gasteiger partial charge in [-0.25, -0.2) is 0 Å². The molecule has 1 unspecified atom stereocenters. The number of hydrogen-bond donors (Lipinski definition) is 2. The number of aliphatic imine (C=N–C) groups is 1. The van der Waals surface area contributed by atoms with Crippen molar-refractivity contribution in [3.05, 3.63) is 35.4 Å².